The lowest BCUT2D eigenvalue weighted by Crippen LogP contribution is -1.93. The van der Waals surface area contributed by atoms with Crippen LogP contribution in [0.4, 0.5) is 5.69 Å². The molecule has 2 nitrogen and oxygen atoms in total. The fourth-order valence-corrected chi connectivity index (χ4v) is 0.954. The van der Waals surface area contributed by atoms with Gasteiger partial charge in [0.1, 0.15) is 0 Å². The van der Waals surface area contributed by atoms with E-state index in [2.05, 4.69) is 5.32 Å². The minimum absolute atomic E-state index is 0.386. The van der Waals surface area contributed by atoms with Crippen molar-refractivity contribution in [3.63, 3.8) is 0 Å². The Morgan fingerprint density at radius 3 is 2.38 bits per heavy atom. The van der Waals surface area contributed by atoms with Gasteiger partial charge in [-0.25, -0.2) is 0 Å². The lowest BCUT2D eigenvalue weighted by Gasteiger charge is -2.06. The molecule has 0 amide bonds. The molecule has 1 unspecified atom stereocenters. The van der Waals surface area contributed by atoms with Crippen molar-refractivity contribution in [2.75, 3.05) is 12.4 Å². The van der Waals surface area contributed by atoms with E-state index in [0.29, 0.717) is 0 Å². The van der Waals surface area contributed by atoms with Crippen molar-refractivity contribution in [1.82, 2.24) is 0 Å². The van der Waals surface area contributed by atoms with Crippen LogP contribution in [0, 0.1) is 0 Å². The fraction of sp³-hybridized carbons (Fsp3) is 0.455. The van der Waals surface area contributed by atoms with Gasteiger partial charge < -0.3 is 10.4 Å². The van der Waals surface area contributed by atoms with Gasteiger partial charge in [0, 0.05) is 12.7 Å². The lowest BCUT2D eigenvalue weighted by molar-refractivity contribution is 0.199. The summed E-state index contributed by atoms with van der Waals surface area (Å²) in [5, 5.41) is 12.2. The molecule has 0 aliphatic rings. The quantitative estimate of drug-likeness (QED) is 0.735. The predicted octanol–water partition coefficient (Wildman–Crippen LogP) is 2.81. The number of benzene rings is 1. The second-order valence-corrected chi connectivity index (χ2v) is 2.55. The van der Waals surface area contributed by atoms with Gasteiger partial charge in [-0.1, -0.05) is 26.0 Å². The largest absolute Gasteiger partial charge is 0.389 e. The first-order valence-electron chi connectivity index (χ1n) is 4.70. The smallest absolute Gasteiger partial charge is 0.0762 e. The molecule has 0 saturated carbocycles. The normalized spacial score (nSPS) is 11.2. The van der Waals surface area contributed by atoms with Gasteiger partial charge in [0.25, 0.3) is 0 Å². The molecule has 0 radical (unpaired) electrons. The molecule has 1 aromatic rings. The minimum Gasteiger partial charge on any atom is -0.389 e. The maximum Gasteiger partial charge on any atom is 0.0762 e. The van der Waals surface area contributed by atoms with Crippen LogP contribution in [0.25, 0.3) is 0 Å². The van der Waals surface area contributed by atoms with Gasteiger partial charge in [0.15, 0.2) is 0 Å². The Hall–Kier alpha value is -1.02. The van der Waals surface area contributed by atoms with Gasteiger partial charge in [-0.2, -0.15) is 0 Å². The van der Waals surface area contributed by atoms with Crippen LogP contribution in [0.5, 0.6) is 0 Å². The first-order chi connectivity index (χ1) is 6.24. The van der Waals surface area contributed by atoms with Gasteiger partial charge in [-0.15, -0.1) is 0 Å². The van der Waals surface area contributed by atoms with Crippen molar-refractivity contribution in [1.29, 1.82) is 0 Å². The first-order valence-corrected chi connectivity index (χ1v) is 4.70. The van der Waals surface area contributed by atoms with Gasteiger partial charge in [-0.3, -0.25) is 0 Å². The molecule has 0 aliphatic carbocycles. The van der Waals surface area contributed by atoms with Crippen molar-refractivity contribution in [3.8, 4) is 0 Å². The Balaban J connectivity index is 0.000000671. The number of aliphatic hydroxyl groups is 1. The summed E-state index contributed by atoms with van der Waals surface area (Å²) < 4.78 is 0. The zero-order chi connectivity index (χ0) is 10.3. The van der Waals surface area contributed by atoms with Gasteiger partial charge in [0.05, 0.1) is 6.10 Å². The highest BCUT2D eigenvalue weighted by Gasteiger charge is 1.99. The monoisotopic (exact) mass is 181 g/mol. The third kappa shape index (κ3) is 3.95. The Kier molecular flexibility index (Phi) is 5.98. The minimum atomic E-state index is -0.386. The summed E-state index contributed by atoms with van der Waals surface area (Å²) in [7, 11) is 1.86. The third-order valence-corrected chi connectivity index (χ3v) is 1.66. The summed E-state index contributed by atoms with van der Waals surface area (Å²) in [6.45, 7) is 5.76. The molecule has 0 aromatic heterocycles. The van der Waals surface area contributed by atoms with Crippen molar-refractivity contribution in [2.24, 2.45) is 0 Å². The summed E-state index contributed by atoms with van der Waals surface area (Å²) in [6, 6.07) is 7.73. The molecule has 0 bridgehead atoms. The van der Waals surface area contributed by atoms with E-state index in [1.165, 1.54) is 0 Å². The topological polar surface area (TPSA) is 32.3 Å². The maximum absolute atomic E-state index is 9.22. The summed E-state index contributed by atoms with van der Waals surface area (Å²) in [6.07, 6.45) is -0.386. The molecule has 1 atom stereocenters. The first kappa shape index (κ1) is 12.0. The molecular formula is C11H19NO. The van der Waals surface area contributed by atoms with Gasteiger partial charge in [-0.05, 0) is 24.6 Å². The van der Waals surface area contributed by atoms with Crippen LogP contribution in [0.2, 0.25) is 0 Å². The standard InChI is InChI=1S/C9H13NO.C2H6/c1-7(11)8-4-3-5-9(6-8)10-2;1-2/h3-7,10-11H,1-2H3;1-2H3. The zero-order valence-electron chi connectivity index (χ0n) is 8.83. The molecule has 2 heteroatoms. The van der Waals surface area contributed by atoms with E-state index in [4.69, 9.17) is 0 Å². The Morgan fingerprint density at radius 2 is 1.92 bits per heavy atom. The van der Waals surface area contributed by atoms with E-state index in [-0.39, 0.29) is 6.10 Å². The van der Waals surface area contributed by atoms with E-state index in [0.717, 1.165) is 11.3 Å². The highest BCUT2D eigenvalue weighted by atomic mass is 16.3. The van der Waals surface area contributed by atoms with Crippen LogP contribution in [0.3, 0.4) is 0 Å². The van der Waals surface area contributed by atoms with E-state index < -0.39 is 0 Å². The lowest BCUT2D eigenvalue weighted by atomic mass is 10.1. The molecule has 0 spiro atoms. The molecule has 2 N–H and O–H groups in total. The molecule has 74 valence electrons. The Morgan fingerprint density at radius 1 is 1.31 bits per heavy atom. The number of rotatable bonds is 2. The van der Waals surface area contributed by atoms with Crippen molar-refractivity contribution in [3.05, 3.63) is 29.8 Å². The predicted molar refractivity (Wildman–Crippen MR) is 58.0 cm³/mol. The molecule has 0 aliphatic heterocycles. The second-order valence-electron chi connectivity index (χ2n) is 2.55. The maximum atomic E-state index is 9.22. The summed E-state index contributed by atoms with van der Waals surface area (Å²) >= 11 is 0. The average Bonchev–Trinajstić information content (AvgIpc) is 2.21. The number of aliphatic hydroxyl groups excluding tert-OH is 1. The Labute approximate surface area is 80.6 Å². The molecule has 0 saturated heterocycles. The van der Waals surface area contributed by atoms with Crippen LogP contribution in [0.1, 0.15) is 32.4 Å². The number of hydrogen-bond acceptors (Lipinski definition) is 2. The number of hydrogen-bond donors (Lipinski definition) is 2. The van der Waals surface area contributed by atoms with Crippen LogP contribution in [0.15, 0.2) is 24.3 Å². The summed E-state index contributed by atoms with van der Waals surface area (Å²) in [5.74, 6) is 0. The van der Waals surface area contributed by atoms with Gasteiger partial charge >= 0.3 is 0 Å². The highest BCUT2D eigenvalue weighted by molar-refractivity contribution is 5.45. The third-order valence-electron chi connectivity index (χ3n) is 1.66. The van der Waals surface area contributed by atoms with Gasteiger partial charge in [0.2, 0.25) is 0 Å². The zero-order valence-corrected chi connectivity index (χ0v) is 8.83. The summed E-state index contributed by atoms with van der Waals surface area (Å²) in [4.78, 5) is 0. The number of anilines is 1. The second kappa shape index (κ2) is 6.49. The van der Waals surface area contributed by atoms with E-state index in [1.54, 1.807) is 6.92 Å². The molecule has 1 aromatic carbocycles. The van der Waals surface area contributed by atoms with E-state index in [1.807, 2.05) is 45.2 Å². The highest BCUT2D eigenvalue weighted by Crippen LogP contribution is 2.15. The summed E-state index contributed by atoms with van der Waals surface area (Å²) in [5.41, 5.74) is 1.97. The molecular weight excluding hydrogens is 162 g/mol. The molecule has 13 heavy (non-hydrogen) atoms. The van der Waals surface area contributed by atoms with Crippen LogP contribution in [-0.2, 0) is 0 Å². The molecule has 0 heterocycles. The van der Waals surface area contributed by atoms with Crippen molar-refractivity contribution >= 4 is 5.69 Å². The van der Waals surface area contributed by atoms with Crippen molar-refractivity contribution in [2.45, 2.75) is 26.9 Å². The van der Waals surface area contributed by atoms with E-state index >= 15 is 0 Å². The number of nitrogens with one attached hydrogen (secondary N) is 1. The van der Waals surface area contributed by atoms with Crippen LogP contribution >= 0.6 is 0 Å². The fourth-order valence-electron chi connectivity index (χ4n) is 0.954. The Bertz CT molecular complexity index is 233. The molecule has 1 rings (SSSR count). The van der Waals surface area contributed by atoms with E-state index in [9.17, 15) is 5.11 Å². The van der Waals surface area contributed by atoms with Crippen LogP contribution < -0.4 is 5.32 Å². The van der Waals surface area contributed by atoms with Crippen molar-refractivity contribution < 1.29 is 5.11 Å². The SMILES string of the molecule is CC.CNc1cccc(C(C)O)c1. The van der Waals surface area contributed by atoms with Crippen LogP contribution in [-0.4, -0.2) is 12.2 Å². The molecule has 0 fully saturated rings. The average molecular weight is 181 g/mol.